The lowest BCUT2D eigenvalue weighted by molar-refractivity contribution is -0.141. The van der Waals surface area contributed by atoms with Gasteiger partial charge in [0.2, 0.25) is 0 Å². The Labute approximate surface area is 121 Å². The van der Waals surface area contributed by atoms with Crippen LogP contribution < -0.4 is 5.32 Å². The van der Waals surface area contributed by atoms with Crippen LogP contribution in [-0.2, 0) is 9.53 Å². The highest BCUT2D eigenvalue weighted by atomic mass is 35.5. The summed E-state index contributed by atoms with van der Waals surface area (Å²) in [5.74, 6) is -0.630. The number of benzene rings is 1. The zero-order valence-electron chi connectivity index (χ0n) is 11.2. The molecule has 0 aliphatic rings. The van der Waals surface area contributed by atoms with Crippen LogP contribution in [-0.4, -0.2) is 30.0 Å². The van der Waals surface area contributed by atoms with E-state index >= 15 is 0 Å². The maximum Gasteiger partial charge on any atom is 0.307 e. The number of carbonyl (C=O) groups is 2. The molecule has 0 aliphatic carbocycles. The maximum atomic E-state index is 12.1. The molecule has 5 nitrogen and oxygen atoms in total. The molecule has 0 saturated carbocycles. The number of fused-ring (bicyclic) bond motifs is 1. The summed E-state index contributed by atoms with van der Waals surface area (Å²) >= 11 is 5.89. The molecule has 0 aliphatic heterocycles. The molecule has 1 atom stereocenters. The molecular formula is C14H15ClN2O3. The Bertz CT molecular complexity index is 651. The van der Waals surface area contributed by atoms with E-state index in [9.17, 15) is 9.59 Å². The molecule has 1 aromatic heterocycles. The number of ether oxygens (including phenoxy) is 1. The van der Waals surface area contributed by atoms with E-state index in [0.29, 0.717) is 10.7 Å². The summed E-state index contributed by atoms with van der Waals surface area (Å²) in [6, 6.07) is 6.80. The molecule has 0 spiro atoms. The molecule has 0 bridgehead atoms. The molecule has 1 heterocycles. The SMILES string of the molecule is COC(=O)CC(C)NC(=O)c1cc2ccc(Cl)cc2[nH]1. The van der Waals surface area contributed by atoms with E-state index in [2.05, 4.69) is 15.0 Å². The third-order valence-electron chi connectivity index (χ3n) is 2.91. The first kappa shape index (κ1) is 14.4. The van der Waals surface area contributed by atoms with Crippen molar-refractivity contribution in [2.24, 2.45) is 0 Å². The smallest absolute Gasteiger partial charge is 0.307 e. The second-order valence-electron chi connectivity index (χ2n) is 4.57. The summed E-state index contributed by atoms with van der Waals surface area (Å²) in [5.41, 5.74) is 1.22. The number of aromatic amines is 1. The van der Waals surface area contributed by atoms with Crippen molar-refractivity contribution in [3.8, 4) is 0 Å². The normalized spacial score (nSPS) is 12.2. The van der Waals surface area contributed by atoms with Gasteiger partial charge in [0.1, 0.15) is 5.69 Å². The van der Waals surface area contributed by atoms with Crippen molar-refractivity contribution < 1.29 is 14.3 Å². The largest absolute Gasteiger partial charge is 0.469 e. The van der Waals surface area contributed by atoms with E-state index in [0.717, 1.165) is 10.9 Å². The summed E-state index contributed by atoms with van der Waals surface area (Å²) in [6.07, 6.45) is 0.133. The van der Waals surface area contributed by atoms with Gasteiger partial charge in [-0.1, -0.05) is 17.7 Å². The highest BCUT2D eigenvalue weighted by molar-refractivity contribution is 6.31. The van der Waals surface area contributed by atoms with Crippen LogP contribution in [0.4, 0.5) is 0 Å². The van der Waals surface area contributed by atoms with Crippen LogP contribution >= 0.6 is 11.6 Å². The van der Waals surface area contributed by atoms with Gasteiger partial charge in [-0.05, 0) is 25.1 Å². The Kier molecular flexibility index (Phi) is 4.29. The minimum absolute atomic E-state index is 0.133. The van der Waals surface area contributed by atoms with Gasteiger partial charge in [-0.3, -0.25) is 9.59 Å². The molecule has 1 amide bonds. The van der Waals surface area contributed by atoms with Crippen LogP contribution in [0.25, 0.3) is 10.9 Å². The van der Waals surface area contributed by atoms with Gasteiger partial charge in [0.05, 0.1) is 13.5 Å². The molecule has 2 N–H and O–H groups in total. The van der Waals surface area contributed by atoms with Crippen LogP contribution in [0.3, 0.4) is 0 Å². The van der Waals surface area contributed by atoms with E-state index in [1.807, 2.05) is 6.07 Å². The fourth-order valence-corrected chi connectivity index (χ4v) is 2.08. The van der Waals surface area contributed by atoms with Crippen LogP contribution in [0.1, 0.15) is 23.8 Å². The highest BCUT2D eigenvalue weighted by Crippen LogP contribution is 2.19. The third kappa shape index (κ3) is 3.30. The van der Waals surface area contributed by atoms with Gasteiger partial charge in [0, 0.05) is 22.0 Å². The average Bonchev–Trinajstić information content (AvgIpc) is 2.81. The van der Waals surface area contributed by atoms with E-state index in [-0.39, 0.29) is 24.3 Å². The number of hydrogen-bond acceptors (Lipinski definition) is 3. The Morgan fingerprint density at radius 2 is 2.15 bits per heavy atom. The Hall–Kier alpha value is -2.01. The molecule has 1 unspecified atom stereocenters. The standard InChI is InChI=1S/C14H15ClN2O3/c1-8(5-13(18)20-2)16-14(19)12-6-9-3-4-10(15)7-11(9)17-12/h3-4,6-8,17H,5H2,1-2H3,(H,16,19). The fraction of sp³-hybridized carbons (Fsp3) is 0.286. The lowest BCUT2D eigenvalue weighted by Gasteiger charge is -2.11. The van der Waals surface area contributed by atoms with Crippen LogP contribution in [0, 0.1) is 0 Å². The van der Waals surface area contributed by atoms with E-state index < -0.39 is 0 Å². The highest BCUT2D eigenvalue weighted by Gasteiger charge is 2.15. The zero-order valence-corrected chi connectivity index (χ0v) is 12.0. The molecular weight excluding hydrogens is 280 g/mol. The van der Waals surface area contributed by atoms with Crippen molar-refractivity contribution >= 4 is 34.4 Å². The number of methoxy groups -OCH3 is 1. The number of carbonyl (C=O) groups excluding carboxylic acids is 2. The lowest BCUT2D eigenvalue weighted by Crippen LogP contribution is -2.34. The first-order valence-corrected chi connectivity index (χ1v) is 6.53. The molecule has 106 valence electrons. The monoisotopic (exact) mass is 294 g/mol. The van der Waals surface area contributed by atoms with E-state index in [4.69, 9.17) is 11.6 Å². The first-order chi connectivity index (χ1) is 9.49. The average molecular weight is 295 g/mol. The quantitative estimate of drug-likeness (QED) is 0.851. The molecule has 2 rings (SSSR count). The Morgan fingerprint density at radius 3 is 2.85 bits per heavy atom. The number of aromatic nitrogens is 1. The number of amides is 1. The molecule has 20 heavy (non-hydrogen) atoms. The maximum absolute atomic E-state index is 12.1. The summed E-state index contributed by atoms with van der Waals surface area (Å²) in [7, 11) is 1.32. The van der Waals surface area contributed by atoms with Gasteiger partial charge < -0.3 is 15.0 Å². The minimum Gasteiger partial charge on any atom is -0.469 e. The number of H-pyrrole nitrogens is 1. The number of halogens is 1. The topological polar surface area (TPSA) is 71.2 Å². The number of esters is 1. The van der Waals surface area contributed by atoms with Gasteiger partial charge in [0.25, 0.3) is 5.91 Å². The van der Waals surface area contributed by atoms with Gasteiger partial charge >= 0.3 is 5.97 Å². The van der Waals surface area contributed by atoms with E-state index in [1.54, 1.807) is 25.1 Å². The van der Waals surface area contributed by atoms with E-state index in [1.165, 1.54) is 7.11 Å². The van der Waals surface area contributed by atoms with Crippen molar-refractivity contribution in [3.05, 3.63) is 35.0 Å². The molecule has 6 heteroatoms. The van der Waals surface area contributed by atoms with Crippen molar-refractivity contribution in [2.75, 3.05) is 7.11 Å². The lowest BCUT2D eigenvalue weighted by atomic mass is 10.2. The number of nitrogens with one attached hydrogen (secondary N) is 2. The van der Waals surface area contributed by atoms with Crippen molar-refractivity contribution in [2.45, 2.75) is 19.4 Å². The number of hydrogen-bond donors (Lipinski definition) is 2. The predicted molar refractivity (Wildman–Crippen MR) is 76.9 cm³/mol. The predicted octanol–water partition coefficient (Wildman–Crippen LogP) is 2.50. The van der Waals surface area contributed by atoms with Gasteiger partial charge in [0.15, 0.2) is 0 Å². The van der Waals surface area contributed by atoms with Crippen LogP contribution in [0.15, 0.2) is 24.3 Å². The van der Waals surface area contributed by atoms with Crippen molar-refractivity contribution in [1.82, 2.24) is 10.3 Å². The second-order valence-corrected chi connectivity index (χ2v) is 5.01. The Balaban J connectivity index is 2.09. The summed E-state index contributed by atoms with van der Waals surface area (Å²) in [6.45, 7) is 1.74. The first-order valence-electron chi connectivity index (χ1n) is 6.15. The van der Waals surface area contributed by atoms with Gasteiger partial charge in [-0.15, -0.1) is 0 Å². The number of rotatable bonds is 4. The molecule has 0 fully saturated rings. The molecule has 2 aromatic rings. The summed E-state index contributed by atoms with van der Waals surface area (Å²) < 4.78 is 4.56. The Morgan fingerprint density at radius 1 is 1.40 bits per heavy atom. The van der Waals surface area contributed by atoms with Crippen molar-refractivity contribution in [3.63, 3.8) is 0 Å². The zero-order chi connectivity index (χ0) is 14.7. The second kappa shape index (κ2) is 5.96. The van der Waals surface area contributed by atoms with Crippen LogP contribution in [0.5, 0.6) is 0 Å². The van der Waals surface area contributed by atoms with Gasteiger partial charge in [-0.25, -0.2) is 0 Å². The molecule has 0 radical (unpaired) electrons. The summed E-state index contributed by atoms with van der Waals surface area (Å²) in [4.78, 5) is 26.2. The third-order valence-corrected chi connectivity index (χ3v) is 3.14. The molecule has 1 aromatic carbocycles. The van der Waals surface area contributed by atoms with Gasteiger partial charge in [-0.2, -0.15) is 0 Å². The van der Waals surface area contributed by atoms with Crippen molar-refractivity contribution in [1.29, 1.82) is 0 Å². The minimum atomic E-state index is -0.360. The summed E-state index contributed by atoms with van der Waals surface area (Å²) in [5, 5.41) is 4.24. The molecule has 0 saturated heterocycles. The fourth-order valence-electron chi connectivity index (χ4n) is 1.91. The van der Waals surface area contributed by atoms with Crippen LogP contribution in [0.2, 0.25) is 5.02 Å².